The zero-order valence-electron chi connectivity index (χ0n) is 12.6. The normalized spacial score (nSPS) is 35.4. The van der Waals surface area contributed by atoms with Crippen LogP contribution in [0.2, 0.25) is 0 Å². The molecule has 1 saturated carbocycles. The van der Waals surface area contributed by atoms with Gasteiger partial charge in [0.1, 0.15) is 0 Å². The van der Waals surface area contributed by atoms with Crippen LogP contribution < -0.4 is 4.90 Å². The predicted octanol–water partition coefficient (Wildman–Crippen LogP) is 2.59. The number of anilines is 1. The Hall–Kier alpha value is -2.23. The average Bonchev–Trinajstić information content (AvgIpc) is 3.12. The number of benzene rings is 1. The van der Waals surface area contributed by atoms with E-state index in [1.165, 1.54) is 11.8 Å². The Morgan fingerprint density at radius 1 is 1.27 bits per heavy atom. The maximum Gasteiger partial charge on any atom is 0.241 e. The Balaban J connectivity index is 1.79. The largest absolute Gasteiger partial charge is 0.295 e. The second-order valence-electron chi connectivity index (χ2n) is 6.74. The van der Waals surface area contributed by atoms with Crippen LogP contribution in [0, 0.1) is 23.2 Å². The number of hydrogen-bond acceptors (Lipinski definition) is 3. The number of carbonyl (C=O) groups excluding carboxylic acids is 3. The van der Waals surface area contributed by atoms with E-state index in [0.29, 0.717) is 11.3 Å². The monoisotopic (exact) mass is 295 g/mol. The van der Waals surface area contributed by atoms with Gasteiger partial charge in [0, 0.05) is 5.56 Å². The molecule has 4 atom stereocenters. The summed E-state index contributed by atoms with van der Waals surface area (Å²) in [5, 5.41) is 0. The standard InChI is InChI=1S/C18H17NO3/c1-10(20)11-4-3-5-14(9-11)19-16(21)15-12-6-7-13(8-12)18(15,2)17(19)22/h3-7,9,12-13,15H,8H2,1-2H3/t12-,13-,15+,18-/m0/s1. The number of ketones is 1. The summed E-state index contributed by atoms with van der Waals surface area (Å²) < 4.78 is 0. The summed E-state index contributed by atoms with van der Waals surface area (Å²) in [5.41, 5.74) is 0.405. The van der Waals surface area contributed by atoms with Crippen molar-refractivity contribution in [2.24, 2.45) is 23.2 Å². The van der Waals surface area contributed by atoms with E-state index in [-0.39, 0.29) is 35.4 Å². The fourth-order valence-electron chi connectivity index (χ4n) is 4.41. The van der Waals surface area contributed by atoms with Crippen LogP contribution in [0.15, 0.2) is 36.4 Å². The Bertz CT molecular complexity index is 750. The Morgan fingerprint density at radius 3 is 2.73 bits per heavy atom. The number of allylic oxidation sites excluding steroid dienone is 2. The zero-order chi connectivity index (χ0) is 15.6. The highest BCUT2D eigenvalue weighted by Crippen LogP contribution is 2.60. The van der Waals surface area contributed by atoms with Crippen molar-refractivity contribution in [3.05, 3.63) is 42.0 Å². The molecule has 3 aliphatic rings. The van der Waals surface area contributed by atoms with E-state index < -0.39 is 5.41 Å². The van der Waals surface area contributed by atoms with Crippen molar-refractivity contribution in [1.29, 1.82) is 0 Å². The Morgan fingerprint density at radius 2 is 2.05 bits per heavy atom. The van der Waals surface area contributed by atoms with Crippen molar-refractivity contribution in [3.63, 3.8) is 0 Å². The first-order chi connectivity index (χ1) is 10.4. The molecule has 1 aliphatic heterocycles. The third kappa shape index (κ3) is 1.45. The van der Waals surface area contributed by atoms with Crippen molar-refractivity contribution in [2.75, 3.05) is 4.90 Å². The number of fused-ring (bicyclic) bond motifs is 5. The second-order valence-corrected chi connectivity index (χ2v) is 6.74. The number of rotatable bonds is 2. The molecule has 0 radical (unpaired) electrons. The van der Waals surface area contributed by atoms with Crippen molar-refractivity contribution in [2.45, 2.75) is 20.3 Å². The lowest BCUT2D eigenvalue weighted by atomic mass is 9.71. The lowest BCUT2D eigenvalue weighted by molar-refractivity contribution is -0.127. The van der Waals surface area contributed by atoms with Crippen LogP contribution in [-0.4, -0.2) is 17.6 Å². The minimum absolute atomic E-state index is 0.0749. The summed E-state index contributed by atoms with van der Waals surface area (Å²) in [5.74, 6) is -0.248. The summed E-state index contributed by atoms with van der Waals surface area (Å²) in [6.07, 6.45) is 5.07. The van der Waals surface area contributed by atoms with E-state index in [0.717, 1.165) is 6.42 Å². The van der Waals surface area contributed by atoms with E-state index >= 15 is 0 Å². The number of hydrogen-bond donors (Lipinski definition) is 0. The predicted molar refractivity (Wildman–Crippen MR) is 81.3 cm³/mol. The van der Waals surface area contributed by atoms with Gasteiger partial charge in [0.15, 0.2) is 5.78 Å². The van der Waals surface area contributed by atoms with Crippen LogP contribution >= 0.6 is 0 Å². The second kappa shape index (κ2) is 4.15. The van der Waals surface area contributed by atoms with E-state index in [2.05, 4.69) is 12.2 Å². The van der Waals surface area contributed by atoms with Gasteiger partial charge in [0.25, 0.3) is 0 Å². The van der Waals surface area contributed by atoms with E-state index in [4.69, 9.17) is 0 Å². The molecule has 2 amide bonds. The first-order valence-electron chi connectivity index (χ1n) is 7.62. The summed E-state index contributed by atoms with van der Waals surface area (Å²) in [4.78, 5) is 38.7. The molecular weight excluding hydrogens is 278 g/mol. The van der Waals surface area contributed by atoms with Gasteiger partial charge in [-0.1, -0.05) is 24.3 Å². The zero-order valence-corrected chi connectivity index (χ0v) is 12.6. The molecule has 112 valence electrons. The van der Waals surface area contributed by atoms with Gasteiger partial charge in [-0.15, -0.1) is 0 Å². The molecule has 4 heteroatoms. The van der Waals surface area contributed by atoms with Gasteiger partial charge < -0.3 is 0 Å². The highest BCUT2D eigenvalue weighted by atomic mass is 16.2. The highest BCUT2D eigenvalue weighted by molar-refractivity contribution is 6.24. The highest BCUT2D eigenvalue weighted by Gasteiger charge is 2.67. The number of amides is 2. The average molecular weight is 295 g/mol. The molecule has 1 aromatic carbocycles. The Labute approximate surface area is 128 Å². The van der Waals surface area contributed by atoms with Crippen LogP contribution in [0.3, 0.4) is 0 Å². The maximum atomic E-state index is 13.0. The summed E-state index contributed by atoms with van der Waals surface area (Å²) in [6.45, 7) is 3.40. The molecule has 2 fully saturated rings. The fraction of sp³-hybridized carbons (Fsp3) is 0.389. The molecule has 4 nitrogen and oxygen atoms in total. The van der Waals surface area contributed by atoms with Gasteiger partial charge in [-0.05, 0) is 44.2 Å². The Kier molecular flexibility index (Phi) is 2.54. The van der Waals surface area contributed by atoms with Crippen LogP contribution in [0.1, 0.15) is 30.6 Å². The minimum atomic E-state index is -0.622. The van der Waals surface area contributed by atoms with Gasteiger partial charge in [-0.25, -0.2) is 4.90 Å². The first kappa shape index (κ1) is 13.4. The van der Waals surface area contributed by atoms with E-state index in [9.17, 15) is 14.4 Å². The summed E-state index contributed by atoms with van der Waals surface area (Å²) >= 11 is 0. The molecule has 4 rings (SSSR count). The molecule has 1 heterocycles. The quantitative estimate of drug-likeness (QED) is 0.479. The molecule has 2 aliphatic carbocycles. The van der Waals surface area contributed by atoms with E-state index in [1.54, 1.807) is 24.3 Å². The number of imide groups is 1. The van der Waals surface area contributed by atoms with Crippen LogP contribution in [0.5, 0.6) is 0 Å². The van der Waals surface area contributed by atoms with Crippen LogP contribution in [0.25, 0.3) is 0 Å². The molecular formula is C18H17NO3. The van der Waals surface area contributed by atoms with Crippen LogP contribution in [0.4, 0.5) is 5.69 Å². The number of carbonyl (C=O) groups is 3. The first-order valence-corrected chi connectivity index (χ1v) is 7.62. The third-order valence-corrected chi connectivity index (χ3v) is 5.62. The molecule has 1 aromatic rings. The number of Topliss-reactive ketones (excluding diaryl/α,β-unsaturated/α-hetero) is 1. The summed E-state index contributed by atoms with van der Waals surface area (Å²) in [7, 11) is 0. The minimum Gasteiger partial charge on any atom is -0.295 e. The van der Waals surface area contributed by atoms with Crippen molar-refractivity contribution in [3.8, 4) is 0 Å². The summed E-state index contributed by atoms with van der Waals surface area (Å²) in [6, 6.07) is 6.78. The maximum absolute atomic E-state index is 13.0. The van der Waals surface area contributed by atoms with Gasteiger partial charge in [0.2, 0.25) is 11.8 Å². The fourth-order valence-corrected chi connectivity index (χ4v) is 4.41. The lowest BCUT2D eigenvalue weighted by Crippen LogP contribution is -2.37. The SMILES string of the molecule is CC(=O)c1cccc(N2C(=O)[C@H]3[C@H]4C=C[C@@H](C4)[C@]3(C)C2=O)c1. The van der Waals surface area contributed by atoms with Gasteiger partial charge in [-0.2, -0.15) is 0 Å². The van der Waals surface area contributed by atoms with Crippen molar-refractivity contribution < 1.29 is 14.4 Å². The third-order valence-electron chi connectivity index (χ3n) is 5.62. The van der Waals surface area contributed by atoms with Crippen molar-refractivity contribution >= 4 is 23.3 Å². The topological polar surface area (TPSA) is 54.5 Å². The molecule has 2 bridgehead atoms. The van der Waals surface area contributed by atoms with Crippen LogP contribution in [-0.2, 0) is 9.59 Å². The molecule has 0 aromatic heterocycles. The van der Waals surface area contributed by atoms with Gasteiger partial charge in [-0.3, -0.25) is 14.4 Å². The van der Waals surface area contributed by atoms with E-state index in [1.807, 2.05) is 6.92 Å². The molecule has 0 spiro atoms. The molecule has 22 heavy (non-hydrogen) atoms. The lowest BCUT2D eigenvalue weighted by Gasteiger charge is -2.28. The van der Waals surface area contributed by atoms with Gasteiger partial charge in [0.05, 0.1) is 17.0 Å². The van der Waals surface area contributed by atoms with Crippen molar-refractivity contribution in [1.82, 2.24) is 0 Å². The van der Waals surface area contributed by atoms with Gasteiger partial charge >= 0.3 is 0 Å². The molecule has 0 unspecified atom stereocenters. The number of nitrogens with zero attached hydrogens (tertiary/aromatic N) is 1. The molecule has 1 saturated heterocycles. The molecule has 0 N–H and O–H groups in total. The smallest absolute Gasteiger partial charge is 0.241 e.